The second-order valence-electron chi connectivity index (χ2n) is 5.18. The topological polar surface area (TPSA) is 87.2 Å². The van der Waals surface area contributed by atoms with Crippen molar-refractivity contribution in [3.8, 4) is 0 Å². The number of hydrogen-bond donors (Lipinski definition) is 0. The van der Waals surface area contributed by atoms with Crippen LogP contribution >= 0.6 is 20.7 Å². The van der Waals surface area contributed by atoms with Gasteiger partial charge >= 0.3 is 0 Å². The molecule has 0 saturated carbocycles. The van der Waals surface area contributed by atoms with Crippen LogP contribution in [-0.2, 0) is 24.8 Å². The first kappa shape index (κ1) is 18.7. The molecule has 130 valence electrons. The highest BCUT2D eigenvalue weighted by Gasteiger charge is 2.24. The van der Waals surface area contributed by atoms with E-state index in [1.54, 1.807) is 0 Å². The van der Waals surface area contributed by atoms with Gasteiger partial charge in [-0.15, -0.1) is 0 Å². The summed E-state index contributed by atoms with van der Waals surface area (Å²) in [4.78, 5) is 2.05. The lowest BCUT2D eigenvalue weighted by molar-refractivity contribution is 0.0733. The Labute approximate surface area is 142 Å². The second kappa shape index (κ2) is 7.94. The Morgan fingerprint density at radius 3 is 2.09 bits per heavy atom. The number of sulfonamides is 2. The molecule has 0 unspecified atom stereocenters. The van der Waals surface area contributed by atoms with Crippen molar-refractivity contribution in [3.05, 3.63) is 0 Å². The highest BCUT2D eigenvalue weighted by atomic mass is 127. The molecule has 2 rings (SSSR count). The summed E-state index contributed by atoms with van der Waals surface area (Å²) in [6.07, 6.45) is 1.22. The van der Waals surface area contributed by atoms with Gasteiger partial charge in [-0.3, -0.25) is 4.90 Å². The van der Waals surface area contributed by atoms with Crippen molar-refractivity contribution in [1.29, 1.82) is 0 Å². The van der Waals surface area contributed by atoms with Crippen molar-refractivity contribution in [1.82, 2.24) is 13.5 Å². The number of alkyl halides is 1. The van der Waals surface area contributed by atoms with Crippen molar-refractivity contribution >= 4 is 44.9 Å². The van der Waals surface area contributed by atoms with Crippen LogP contribution in [0.15, 0.2) is 0 Å². The number of halogens is 1. The predicted molar refractivity (Wildman–Crippen MR) is 94.3 cm³/mol. The Morgan fingerprint density at radius 2 is 1.55 bits per heavy atom. The fourth-order valence-electron chi connectivity index (χ4n) is 2.23. The molecule has 2 aliphatic heterocycles. The van der Waals surface area contributed by atoms with Gasteiger partial charge in [-0.25, -0.2) is 16.8 Å². The third kappa shape index (κ3) is 5.46. The number of ether oxygens (including phenoxy) is 1. The number of morpholine rings is 1. The molecular weight excluding hydrogens is 445 g/mol. The van der Waals surface area contributed by atoms with Crippen LogP contribution in [-0.4, -0.2) is 97.0 Å². The van der Waals surface area contributed by atoms with Gasteiger partial charge in [0.2, 0.25) is 20.0 Å². The molecule has 8 nitrogen and oxygen atoms in total. The summed E-state index contributed by atoms with van der Waals surface area (Å²) in [6, 6.07) is 0. The highest BCUT2D eigenvalue weighted by Crippen LogP contribution is 2.13. The summed E-state index contributed by atoms with van der Waals surface area (Å²) in [5.74, 6) is 0. The molecule has 2 aliphatic rings. The van der Waals surface area contributed by atoms with Crippen LogP contribution in [0.25, 0.3) is 0 Å². The van der Waals surface area contributed by atoms with Gasteiger partial charge in [0.25, 0.3) is 0 Å². The van der Waals surface area contributed by atoms with Crippen LogP contribution in [0.5, 0.6) is 0 Å². The average molecular weight is 467 g/mol. The van der Waals surface area contributed by atoms with E-state index in [1.807, 2.05) is 9.04 Å². The number of hydrogen-bond acceptors (Lipinski definition) is 6. The minimum Gasteiger partial charge on any atom is -0.379 e. The lowest BCUT2D eigenvalue weighted by atomic mass is 10.4. The molecule has 0 amide bonds. The maximum Gasteiger partial charge on any atom is 0.223 e. The molecule has 2 saturated heterocycles. The third-order valence-corrected chi connectivity index (χ3v) is 11.0. The summed E-state index contributed by atoms with van der Waals surface area (Å²) in [5, 5.41) is 0. The van der Waals surface area contributed by atoms with Crippen LogP contribution in [0.1, 0.15) is 0 Å². The summed E-state index contributed by atoms with van der Waals surface area (Å²) >= 11 is -0.598. The molecule has 0 radical (unpaired) electrons. The predicted octanol–water partition coefficient (Wildman–Crippen LogP) is -1.09. The van der Waals surface area contributed by atoms with E-state index in [9.17, 15) is 16.8 Å². The standard InChI is InChI=1S/C11H22IN3O5S2/c1-21(16,17)14-4-2-13(3-5-14)10-12-11-22(18,19)15-6-8-20-9-7-15/h10H,2-9,11H2,1H3. The molecule has 2 heterocycles. The zero-order valence-corrected chi connectivity index (χ0v) is 16.3. The normalized spacial score (nSPS) is 24.4. The molecule has 2 fully saturated rings. The van der Waals surface area contributed by atoms with E-state index in [2.05, 4.69) is 0 Å². The summed E-state index contributed by atoms with van der Waals surface area (Å²) in [7, 11) is -6.30. The first-order chi connectivity index (χ1) is 10.3. The van der Waals surface area contributed by atoms with Crippen LogP contribution in [0.3, 0.4) is 0 Å². The van der Waals surface area contributed by atoms with Gasteiger partial charge < -0.3 is 4.74 Å². The smallest absolute Gasteiger partial charge is 0.223 e. The minimum atomic E-state index is -3.18. The Hall–Kier alpha value is 0.340. The molecule has 0 aliphatic carbocycles. The Morgan fingerprint density at radius 1 is 0.955 bits per heavy atom. The number of rotatable bonds is 5. The molecular formula is C11H22IN3O5S2. The highest BCUT2D eigenvalue weighted by molar-refractivity contribution is 14.2. The molecule has 0 aromatic carbocycles. The molecule has 11 heteroatoms. The van der Waals surface area contributed by atoms with Crippen LogP contribution in [0.2, 0.25) is 0 Å². The Bertz CT molecular complexity index is 593. The van der Waals surface area contributed by atoms with Crippen LogP contribution in [0.4, 0.5) is 0 Å². The van der Waals surface area contributed by atoms with Gasteiger partial charge in [0, 0.05) is 43.4 Å². The number of piperazine rings is 1. The van der Waals surface area contributed by atoms with E-state index in [1.165, 1.54) is 14.9 Å². The lowest BCUT2D eigenvalue weighted by Crippen LogP contribution is -2.47. The van der Waals surface area contributed by atoms with E-state index < -0.39 is 40.8 Å². The molecule has 0 spiro atoms. The fourth-order valence-corrected chi connectivity index (χ4v) is 8.26. The average Bonchev–Trinajstić information content (AvgIpc) is 2.48. The third-order valence-electron chi connectivity index (χ3n) is 3.51. The first-order valence-corrected chi connectivity index (χ1v) is 13.2. The Kier molecular flexibility index (Phi) is 6.74. The van der Waals surface area contributed by atoms with Crippen molar-refractivity contribution in [3.63, 3.8) is 0 Å². The van der Waals surface area contributed by atoms with Gasteiger partial charge in [0.1, 0.15) is 3.76 Å². The van der Waals surface area contributed by atoms with Crippen molar-refractivity contribution < 1.29 is 21.6 Å². The summed E-state index contributed by atoms with van der Waals surface area (Å²) in [6.45, 7) is 4.01. The lowest BCUT2D eigenvalue weighted by Gasteiger charge is -2.31. The van der Waals surface area contributed by atoms with E-state index in [4.69, 9.17) is 4.74 Å². The van der Waals surface area contributed by atoms with E-state index >= 15 is 0 Å². The molecule has 0 aromatic rings. The largest absolute Gasteiger partial charge is 0.379 e. The fraction of sp³-hybridized carbons (Fsp3) is 0.909. The summed E-state index contributed by atoms with van der Waals surface area (Å²) in [5.41, 5.74) is 0. The maximum atomic E-state index is 12.2. The van der Waals surface area contributed by atoms with E-state index in [0.29, 0.717) is 52.5 Å². The maximum absolute atomic E-state index is 12.2. The molecule has 22 heavy (non-hydrogen) atoms. The number of nitrogens with zero attached hydrogens (tertiary/aromatic N) is 3. The first-order valence-electron chi connectivity index (χ1n) is 6.95. The molecule has 0 N–H and O–H groups in total. The Balaban J connectivity index is 1.81. The summed E-state index contributed by atoms with van der Waals surface area (Å²) < 4.78 is 57.5. The zero-order valence-electron chi connectivity index (χ0n) is 12.5. The van der Waals surface area contributed by atoms with Crippen LogP contribution < -0.4 is 0 Å². The van der Waals surface area contributed by atoms with Crippen LogP contribution in [0, 0.1) is 0 Å². The molecule has 0 bridgehead atoms. The van der Waals surface area contributed by atoms with Gasteiger partial charge in [-0.1, -0.05) is 20.7 Å². The van der Waals surface area contributed by atoms with Crippen molar-refractivity contribution in [2.24, 2.45) is 0 Å². The van der Waals surface area contributed by atoms with Gasteiger partial charge in [-0.2, -0.15) is 8.61 Å². The van der Waals surface area contributed by atoms with Gasteiger partial charge in [-0.05, 0) is 0 Å². The monoisotopic (exact) mass is 467 g/mol. The van der Waals surface area contributed by atoms with E-state index in [-0.39, 0.29) is 3.76 Å². The SMILES string of the molecule is CS(=O)(=O)N1CCN(C=ICS(=O)(=O)N2CCOCC2)CC1. The van der Waals surface area contributed by atoms with Crippen molar-refractivity contribution in [2.75, 3.05) is 62.5 Å². The minimum absolute atomic E-state index is 0.193. The quantitative estimate of drug-likeness (QED) is 0.378. The molecule has 0 atom stereocenters. The molecule has 0 aromatic heterocycles. The second-order valence-corrected chi connectivity index (χ2v) is 12.4. The van der Waals surface area contributed by atoms with E-state index in [0.717, 1.165) is 0 Å². The van der Waals surface area contributed by atoms with Gasteiger partial charge in [0.05, 0.1) is 19.5 Å². The van der Waals surface area contributed by atoms with Gasteiger partial charge in [0.15, 0.2) is 0 Å². The van der Waals surface area contributed by atoms with Crippen molar-refractivity contribution in [2.45, 2.75) is 0 Å². The zero-order chi connectivity index (χ0) is 16.2.